The minimum Gasteiger partial charge on any atom is -0.370 e. The molecule has 112 valence electrons. The van der Waals surface area contributed by atoms with Crippen LogP contribution in [0.2, 0.25) is 5.02 Å². The number of hydrogen-bond donors (Lipinski definition) is 3. The van der Waals surface area contributed by atoms with Gasteiger partial charge in [-0.2, -0.15) is 0 Å². The van der Waals surface area contributed by atoms with Gasteiger partial charge in [0.25, 0.3) is 0 Å². The molecule has 0 aromatic carbocycles. The number of hydrogen-bond acceptors (Lipinski definition) is 5. The van der Waals surface area contributed by atoms with Gasteiger partial charge in [-0.3, -0.25) is 4.79 Å². The standard InChI is InChI=1S/C11H17ClN4O3S/c1-3-14-11-9(12)5-8(6-15-11)20(18,19)16-7(2)4-10(13)17/h5-7,16H,3-4H2,1-2H3,(H2,13,17)(H,14,15). The fourth-order valence-electron chi connectivity index (χ4n) is 1.54. The van der Waals surface area contributed by atoms with Crippen LogP contribution in [0.4, 0.5) is 5.82 Å². The number of amides is 1. The van der Waals surface area contributed by atoms with E-state index in [2.05, 4.69) is 15.0 Å². The van der Waals surface area contributed by atoms with Gasteiger partial charge >= 0.3 is 0 Å². The monoisotopic (exact) mass is 320 g/mol. The van der Waals surface area contributed by atoms with Crippen molar-refractivity contribution in [3.05, 3.63) is 17.3 Å². The number of carbonyl (C=O) groups is 1. The van der Waals surface area contributed by atoms with Gasteiger partial charge < -0.3 is 11.1 Å². The van der Waals surface area contributed by atoms with Gasteiger partial charge in [0.1, 0.15) is 10.7 Å². The highest BCUT2D eigenvalue weighted by Crippen LogP contribution is 2.22. The molecule has 0 aliphatic heterocycles. The van der Waals surface area contributed by atoms with Crippen LogP contribution in [0, 0.1) is 0 Å². The maximum atomic E-state index is 12.1. The SMILES string of the molecule is CCNc1ncc(S(=O)(=O)NC(C)CC(N)=O)cc1Cl. The topological polar surface area (TPSA) is 114 Å². The van der Waals surface area contributed by atoms with Crippen molar-refractivity contribution in [1.29, 1.82) is 0 Å². The predicted molar refractivity (Wildman–Crippen MR) is 77.0 cm³/mol. The van der Waals surface area contributed by atoms with Crippen LogP contribution in [-0.4, -0.2) is 31.9 Å². The van der Waals surface area contributed by atoms with Crippen molar-refractivity contribution >= 4 is 33.3 Å². The Balaban J connectivity index is 2.93. The minimum absolute atomic E-state index is 0.0690. The molecule has 1 aromatic heterocycles. The number of nitrogens with zero attached hydrogens (tertiary/aromatic N) is 1. The van der Waals surface area contributed by atoms with E-state index in [1.54, 1.807) is 6.92 Å². The van der Waals surface area contributed by atoms with Crippen LogP contribution in [0.1, 0.15) is 20.3 Å². The number of nitrogens with one attached hydrogen (secondary N) is 2. The lowest BCUT2D eigenvalue weighted by Crippen LogP contribution is -2.35. The fraction of sp³-hybridized carbons (Fsp3) is 0.455. The summed E-state index contributed by atoms with van der Waals surface area (Å²) in [4.78, 5) is 14.6. The highest BCUT2D eigenvalue weighted by Gasteiger charge is 2.20. The predicted octanol–water partition coefficient (Wildman–Crippen LogP) is 0.709. The average molecular weight is 321 g/mol. The first-order valence-electron chi connectivity index (χ1n) is 5.96. The molecule has 1 unspecified atom stereocenters. The zero-order valence-corrected chi connectivity index (χ0v) is 12.8. The van der Waals surface area contributed by atoms with Crippen LogP contribution < -0.4 is 15.8 Å². The Morgan fingerprint density at radius 1 is 1.55 bits per heavy atom. The maximum Gasteiger partial charge on any atom is 0.242 e. The Labute approximate surface area is 123 Å². The van der Waals surface area contributed by atoms with E-state index in [1.165, 1.54) is 12.3 Å². The number of nitrogens with two attached hydrogens (primary N) is 1. The van der Waals surface area contributed by atoms with E-state index in [4.69, 9.17) is 17.3 Å². The van der Waals surface area contributed by atoms with Crippen LogP contribution in [-0.2, 0) is 14.8 Å². The first-order chi connectivity index (χ1) is 9.26. The zero-order chi connectivity index (χ0) is 15.3. The molecule has 1 heterocycles. The minimum atomic E-state index is -3.79. The summed E-state index contributed by atoms with van der Waals surface area (Å²) < 4.78 is 26.5. The smallest absolute Gasteiger partial charge is 0.242 e. The summed E-state index contributed by atoms with van der Waals surface area (Å²) >= 11 is 5.94. The zero-order valence-electron chi connectivity index (χ0n) is 11.2. The van der Waals surface area contributed by atoms with Gasteiger partial charge in [0, 0.05) is 25.2 Å². The molecule has 0 spiro atoms. The Morgan fingerprint density at radius 3 is 2.70 bits per heavy atom. The number of primary amides is 1. The highest BCUT2D eigenvalue weighted by atomic mass is 35.5. The summed E-state index contributed by atoms with van der Waals surface area (Å²) in [6.45, 7) is 4.03. The summed E-state index contributed by atoms with van der Waals surface area (Å²) in [6.07, 6.45) is 1.11. The van der Waals surface area contributed by atoms with Crippen LogP contribution in [0.3, 0.4) is 0 Å². The van der Waals surface area contributed by atoms with E-state index < -0.39 is 22.0 Å². The fourth-order valence-corrected chi connectivity index (χ4v) is 3.05. The lowest BCUT2D eigenvalue weighted by molar-refractivity contribution is -0.118. The van der Waals surface area contributed by atoms with E-state index in [-0.39, 0.29) is 16.3 Å². The second-order valence-electron chi connectivity index (χ2n) is 4.22. The lowest BCUT2D eigenvalue weighted by Gasteiger charge is -2.13. The van der Waals surface area contributed by atoms with Gasteiger partial charge in [-0.1, -0.05) is 11.6 Å². The van der Waals surface area contributed by atoms with E-state index in [9.17, 15) is 13.2 Å². The van der Waals surface area contributed by atoms with Crippen molar-refractivity contribution in [2.45, 2.75) is 31.2 Å². The third kappa shape index (κ3) is 4.62. The number of rotatable bonds is 7. The normalized spacial score (nSPS) is 12.9. The summed E-state index contributed by atoms with van der Waals surface area (Å²) in [5.41, 5.74) is 5.01. The highest BCUT2D eigenvalue weighted by molar-refractivity contribution is 7.89. The Kier molecular flexibility index (Phi) is 5.73. The first-order valence-corrected chi connectivity index (χ1v) is 7.82. The molecule has 1 atom stereocenters. The van der Waals surface area contributed by atoms with Crippen molar-refractivity contribution < 1.29 is 13.2 Å². The van der Waals surface area contributed by atoms with Crippen LogP contribution in [0.25, 0.3) is 0 Å². The van der Waals surface area contributed by atoms with Gasteiger partial charge in [-0.15, -0.1) is 0 Å². The van der Waals surface area contributed by atoms with E-state index in [1.807, 2.05) is 6.92 Å². The molecule has 0 aliphatic rings. The molecule has 7 nitrogen and oxygen atoms in total. The van der Waals surface area contributed by atoms with Crippen LogP contribution >= 0.6 is 11.6 Å². The lowest BCUT2D eigenvalue weighted by atomic mass is 10.2. The van der Waals surface area contributed by atoms with Gasteiger partial charge in [-0.05, 0) is 19.9 Å². The Hall–Kier alpha value is -1.38. The number of anilines is 1. The number of halogens is 1. The van der Waals surface area contributed by atoms with Crippen LogP contribution in [0.15, 0.2) is 17.2 Å². The Morgan fingerprint density at radius 2 is 2.20 bits per heavy atom. The molecule has 0 aliphatic carbocycles. The molecule has 0 saturated heterocycles. The van der Waals surface area contributed by atoms with Gasteiger partial charge in [-0.25, -0.2) is 18.1 Å². The molecule has 1 rings (SSSR count). The number of carbonyl (C=O) groups excluding carboxylic acids is 1. The molecule has 0 saturated carbocycles. The third-order valence-corrected chi connectivity index (χ3v) is 4.18. The first kappa shape index (κ1) is 16.7. The van der Waals surface area contributed by atoms with Crippen molar-refractivity contribution in [1.82, 2.24) is 9.71 Å². The molecule has 0 fully saturated rings. The molecule has 0 radical (unpaired) electrons. The average Bonchev–Trinajstić information content (AvgIpc) is 2.29. The summed E-state index contributed by atoms with van der Waals surface area (Å²) in [5, 5.41) is 3.11. The molecule has 1 aromatic rings. The maximum absolute atomic E-state index is 12.1. The largest absolute Gasteiger partial charge is 0.370 e. The summed E-state index contributed by atoms with van der Waals surface area (Å²) in [7, 11) is -3.79. The van der Waals surface area contributed by atoms with E-state index >= 15 is 0 Å². The van der Waals surface area contributed by atoms with Crippen molar-refractivity contribution in [3.63, 3.8) is 0 Å². The molecule has 4 N–H and O–H groups in total. The van der Waals surface area contributed by atoms with Gasteiger partial charge in [0.05, 0.1) is 5.02 Å². The molecule has 20 heavy (non-hydrogen) atoms. The van der Waals surface area contributed by atoms with Crippen molar-refractivity contribution in [2.24, 2.45) is 5.73 Å². The van der Waals surface area contributed by atoms with Crippen molar-refractivity contribution in [2.75, 3.05) is 11.9 Å². The molecular formula is C11H17ClN4O3S. The Bertz CT molecular complexity index is 591. The third-order valence-electron chi connectivity index (χ3n) is 2.33. The summed E-state index contributed by atoms with van der Waals surface area (Å²) in [6, 6.07) is 0.691. The molecular weight excluding hydrogens is 304 g/mol. The number of aromatic nitrogens is 1. The molecule has 9 heteroatoms. The van der Waals surface area contributed by atoms with Crippen LogP contribution in [0.5, 0.6) is 0 Å². The van der Waals surface area contributed by atoms with E-state index in [0.717, 1.165) is 0 Å². The van der Waals surface area contributed by atoms with E-state index in [0.29, 0.717) is 12.4 Å². The second-order valence-corrected chi connectivity index (χ2v) is 6.35. The quantitative estimate of drug-likeness (QED) is 0.684. The number of sulfonamides is 1. The summed E-state index contributed by atoms with van der Waals surface area (Å²) in [5.74, 6) is -0.169. The van der Waals surface area contributed by atoms with Gasteiger partial charge in [0.2, 0.25) is 15.9 Å². The molecule has 1 amide bonds. The molecule has 0 bridgehead atoms. The number of pyridine rings is 1. The van der Waals surface area contributed by atoms with Crippen molar-refractivity contribution in [3.8, 4) is 0 Å². The van der Waals surface area contributed by atoms with Gasteiger partial charge in [0.15, 0.2) is 0 Å². The second kappa shape index (κ2) is 6.87.